The highest BCUT2D eigenvalue weighted by Crippen LogP contribution is 2.34. The Morgan fingerprint density at radius 1 is 1.42 bits per heavy atom. The zero-order valence-electron chi connectivity index (χ0n) is 11.2. The molecule has 106 valence electrons. The van der Waals surface area contributed by atoms with Crippen LogP contribution in [0.25, 0.3) is 0 Å². The molecule has 0 bridgehead atoms. The van der Waals surface area contributed by atoms with Crippen LogP contribution < -0.4 is 11.1 Å². The zero-order chi connectivity index (χ0) is 14.0. The van der Waals surface area contributed by atoms with Crippen LogP contribution in [0.4, 0.5) is 10.1 Å². The second-order valence-corrected chi connectivity index (χ2v) is 5.81. The number of nitrogens with two attached hydrogens (primary N) is 1. The largest absolute Gasteiger partial charge is 0.377 e. The SMILES string of the molecule is CC1CC(CN)(Nc2cc(F)ccc2Cl)CC(C)O1. The minimum atomic E-state index is -0.313. The van der Waals surface area contributed by atoms with Gasteiger partial charge >= 0.3 is 0 Å². The van der Waals surface area contributed by atoms with Crippen molar-refractivity contribution in [1.82, 2.24) is 0 Å². The van der Waals surface area contributed by atoms with Crippen molar-refractivity contribution in [2.75, 3.05) is 11.9 Å². The number of ether oxygens (including phenoxy) is 1. The molecule has 2 atom stereocenters. The van der Waals surface area contributed by atoms with E-state index in [9.17, 15) is 4.39 Å². The molecular weight excluding hydrogens is 267 g/mol. The summed E-state index contributed by atoms with van der Waals surface area (Å²) >= 11 is 6.11. The molecule has 1 saturated heterocycles. The van der Waals surface area contributed by atoms with Crippen LogP contribution >= 0.6 is 11.6 Å². The molecular formula is C14H20ClFN2O. The van der Waals surface area contributed by atoms with Crippen molar-refractivity contribution in [2.24, 2.45) is 5.73 Å². The second kappa shape index (κ2) is 5.65. The van der Waals surface area contributed by atoms with E-state index in [1.165, 1.54) is 12.1 Å². The highest BCUT2D eigenvalue weighted by molar-refractivity contribution is 6.33. The molecule has 0 amide bonds. The van der Waals surface area contributed by atoms with Crippen molar-refractivity contribution < 1.29 is 9.13 Å². The predicted octanol–water partition coefficient (Wildman–Crippen LogP) is 3.18. The van der Waals surface area contributed by atoms with Gasteiger partial charge in [0.05, 0.1) is 28.5 Å². The van der Waals surface area contributed by atoms with E-state index in [1.54, 1.807) is 6.07 Å². The van der Waals surface area contributed by atoms with Crippen LogP contribution in [0.5, 0.6) is 0 Å². The Labute approximate surface area is 118 Å². The lowest BCUT2D eigenvalue weighted by atomic mass is 9.84. The molecule has 2 unspecified atom stereocenters. The quantitative estimate of drug-likeness (QED) is 0.897. The Balaban J connectivity index is 2.24. The van der Waals surface area contributed by atoms with Gasteiger partial charge in [0.1, 0.15) is 5.82 Å². The third-order valence-electron chi connectivity index (χ3n) is 3.54. The molecule has 1 aromatic rings. The second-order valence-electron chi connectivity index (χ2n) is 5.40. The van der Waals surface area contributed by atoms with Gasteiger partial charge in [0, 0.05) is 6.54 Å². The van der Waals surface area contributed by atoms with E-state index in [1.807, 2.05) is 13.8 Å². The van der Waals surface area contributed by atoms with Gasteiger partial charge in [0.25, 0.3) is 0 Å². The smallest absolute Gasteiger partial charge is 0.125 e. The maximum Gasteiger partial charge on any atom is 0.125 e. The molecule has 0 spiro atoms. The first kappa shape index (κ1) is 14.6. The Kier molecular flexibility index (Phi) is 4.33. The summed E-state index contributed by atoms with van der Waals surface area (Å²) in [7, 11) is 0. The van der Waals surface area contributed by atoms with Crippen LogP contribution in [-0.4, -0.2) is 24.3 Å². The zero-order valence-corrected chi connectivity index (χ0v) is 12.0. The number of nitrogens with one attached hydrogen (secondary N) is 1. The van der Waals surface area contributed by atoms with Gasteiger partial charge < -0.3 is 15.8 Å². The summed E-state index contributed by atoms with van der Waals surface area (Å²) in [5.41, 5.74) is 6.24. The lowest BCUT2D eigenvalue weighted by molar-refractivity contribution is -0.0536. The first-order valence-electron chi connectivity index (χ1n) is 6.53. The van der Waals surface area contributed by atoms with Gasteiger partial charge in [-0.15, -0.1) is 0 Å². The lowest BCUT2D eigenvalue weighted by Gasteiger charge is -2.43. The summed E-state index contributed by atoms with van der Waals surface area (Å²) in [5.74, 6) is -0.313. The summed E-state index contributed by atoms with van der Waals surface area (Å²) in [6.45, 7) is 4.50. The third-order valence-corrected chi connectivity index (χ3v) is 3.87. The Bertz CT molecular complexity index is 445. The fourth-order valence-corrected chi connectivity index (χ4v) is 3.04. The molecule has 0 aliphatic carbocycles. The van der Waals surface area contributed by atoms with Crippen LogP contribution in [0.15, 0.2) is 18.2 Å². The van der Waals surface area contributed by atoms with Crippen molar-refractivity contribution in [2.45, 2.75) is 44.4 Å². The normalized spacial score (nSPS) is 31.2. The fourth-order valence-electron chi connectivity index (χ4n) is 2.88. The summed E-state index contributed by atoms with van der Waals surface area (Å²) < 4.78 is 19.1. The first-order chi connectivity index (χ1) is 8.94. The van der Waals surface area contributed by atoms with Crippen molar-refractivity contribution in [3.05, 3.63) is 29.0 Å². The Morgan fingerprint density at radius 3 is 2.63 bits per heavy atom. The maximum atomic E-state index is 13.3. The van der Waals surface area contributed by atoms with E-state index in [4.69, 9.17) is 22.1 Å². The molecule has 3 nitrogen and oxygen atoms in total. The third kappa shape index (κ3) is 3.38. The van der Waals surface area contributed by atoms with E-state index in [0.29, 0.717) is 17.3 Å². The molecule has 5 heteroatoms. The molecule has 0 radical (unpaired) electrons. The molecule has 1 aliphatic rings. The number of halogens is 2. The monoisotopic (exact) mass is 286 g/mol. The average Bonchev–Trinajstić information content (AvgIpc) is 2.32. The summed E-state index contributed by atoms with van der Waals surface area (Å²) in [5, 5.41) is 3.84. The van der Waals surface area contributed by atoms with Crippen LogP contribution in [0.2, 0.25) is 5.02 Å². The van der Waals surface area contributed by atoms with Gasteiger partial charge in [-0.3, -0.25) is 0 Å². The fraction of sp³-hybridized carbons (Fsp3) is 0.571. The number of benzene rings is 1. The Hall–Kier alpha value is -0.840. The van der Waals surface area contributed by atoms with Crippen molar-refractivity contribution in [3.8, 4) is 0 Å². The number of hydrogen-bond donors (Lipinski definition) is 2. The van der Waals surface area contributed by atoms with Crippen LogP contribution in [-0.2, 0) is 4.74 Å². The molecule has 2 rings (SSSR count). The van der Waals surface area contributed by atoms with Gasteiger partial charge in [0.2, 0.25) is 0 Å². The lowest BCUT2D eigenvalue weighted by Crippen LogP contribution is -2.53. The summed E-state index contributed by atoms with van der Waals surface area (Å²) in [6, 6.07) is 4.30. The summed E-state index contributed by atoms with van der Waals surface area (Å²) in [4.78, 5) is 0. The highest BCUT2D eigenvalue weighted by Gasteiger charge is 2.37. The van der Waals surface area contributed by atoms with E-state index in [0.717, 1.165) is 12.8 Å². The molecule has 1 heterocycles. The average molecular weight is 287 g/mol. The molecule has 0 aromatic heterocycles. The number of rotatable bonds is 3. The molecule has 1 aliphatic heterocycles. The van der Waals surface area contributed by atoms with E-state index >= 15 is 0 Å². The van der Waals surface area contributed by atoms with Gasteiger partial charge in [-0.25, -0.2) is 4.39 Å². The van der Waals surface area contributed by atoms with Crippen molar-refractivity contribution >= 4 is 17.3 Å². The van der Waals surface area contributed by atoms with Crippen LogP contribution in [0, 0.1) is 5.82 Å². The van der Waals surface area contributed by atoms with Gasteiger partial charge in [-0.05, 0) is 44.9 Å². The minimum absolute atomic E-state index is 0.118. The van der Waals surface area contributed by atoms with Crippen LogP contribution in [0.3, 0.4) is 0 Å². The Morgan fingerprint density at radius 2 is 2.05 bits per heavy atom. The first-order valence-corrected chi connectivity index (χ1v) is 6.91. The van der Waals surface area contributed by atoms with Crippen molar-refractivity contribution in [3.63, 3.8) is 0 Å². The standard InChI is InChI=1S/C14H20ClFN2O/c1-9-6-14(8-17,7-10(2)19-9)18-13-5-11(16)3-4-12(13)15/h3-5,9-10,18H,6-8,17H2,1-2H3. The topological polar surface area (TPSA) is 47.3 Å². The van der Waals surface area contributed by atoms with E-state index < -0.39 is 0 Å². The van der Waals surface area contributed by atoms with Gasteiger partial charge in [0.15, 0.2) is 0 Å². The minimum Gasteiger partial charge on any atom is -0.377 e. The van der Waals surface area contributed by atoms with Gasteiger partial charge in [-0.1, -0.05) is 11.6 Å². The summed E-state index contributed by atoms with van der Waals surface area (Å²) in [6.07, 6.45) is 1.79. The molecule has 0 saturated carbocycles. The molecule has 1 aromatic carbocycles. The predicted molar refractivity (Wildman–Crippen MR) is 76.1 cm³/mol. The molecule has 1 fully saturated rings. The highest BCUT2D eigenvalue weighted by atomic mass is 35.5. The number of anilines is 1. The van der Waals surface area contributed by atoms with Crippen molar-refractivity contribution in [1.29, 1.82) is 0 Å². The van der Waals surface area contributed by atoms with E-state index in [2.05, 4.69) is 5.32 Å². The molecule has 19 heavy (non-hydrogen) atoms. The molecule has 3 N–H and O–H groups in total. The van der Waals surface area contributed by atoms with E-state index in [-0.39, 0.29) is 23.6 Å². The maximum absolute atomic E-state index is 13.3. The van der Waals surface area contributed by atoms with Gasteiger partial charge in [-0.2, -0.15) is 0 Å². The van der Waals surface area contributed by atoms with Crippen LogP contribution in [0.1, 0.15) is 26.7 Å². The number of hydrogen-bond acceptors (Lipinski definition) is 3.